The molecule has 0 fully saturated rings. The Kier molecular flexibility index (Phi) is 58.5. The fraction of sp³-hybridized carbons (Fsp3) is 0.943. The molecule has 0 amide bonds. The van der Waals surface area contributed by atoms with Gasteiger partial charge in [-0.15, -0.1) is 0 Å². The maximum Gasteiger partial charge on any atom is 0.472 e. The highest BCUT2D eigenvalue weighted by molar-refractivity contribution is 7.47. The van der Waals surface area contributed by atoms with Gasteiger partial charge in [-0.2, -0.15) is 0 Å². The predicted octanol–water partition coefficient (Wildman–Crippen LogP) is 19.7. The standard InChI is InChI=1S/C70H136O17P2/c1-9-63(8)49-41-33-24-20-21-25-34-42-50-67(72)80-56-65(86-70(75)53-45-37-27-19-15-17-23-31-39-47-61(4)5)58-84-88(76,77)82-54-64(71)55-83-89(78,79)85-59-66(57-81-68(73)51-43-35-29-28-32-40-48-62(6)7)87-69(74)52-44-36-26-18-14-12-10-11-13-16-22-30-38-46-60(2)3/h60-66,71H,9-59H2,1-8H3,(H,76,77)(H,78,79)/t63?,64-,65-,66-/m1/s1. The molecule has 3 N–H and O–H groups in total. The molecular formula is C70H136O17P2. The van der Waals surface area contributed by atoms with Crippen LogP contribution in [0.15, 0.2) is 0 Å². The molecule has 0 rings (SSSR count). The molecule has 0 aliphatic heterocycles. The van der Waals surface area contributed by atoms with Gasteiger partial charge in [0, 0.05) is 25.7 Å². The van der Waals surface area contributed by atoms with Crippen molar-refractivity contribution in [2.24, 2.45) is 23.7 Å². The Bertz CT molecular complexity index is 1770. The molecule has 3 unspecified atom stereocenters. The van der Waals surface area contributed by atoms with Crippen molar-refractivity contribution in [3.05, 3.63) is 0 Å². The van der Waals surface area contributed by atoms with Crippen molar-refractivity contribution >= 4 is 39.5 Å². The largest absolute Gasteiger partial charge is 0.472 e. The van der Waals surface area contributed by atoms with Gasteiger partial charge in [-0.25, -0.2) is 9.13 Å². The maximum absolute atomic E-state index is 13.0. The molecule has 0 aliphatic rings. The van der Waals surface area contributed by atoms with E-state index < -0.39 is 97.5 Å². The third-order valence-corrected chi connectivity index (χ3v) is 18.3. The molecule has 89 heavy (non-hydrogen) atoms. The number of esters is 4. The van der Waals surface area contributed by atoms with E-state index in [0.717, 1.165) is 114 Å². The van der Waals surface area contributed by atoms with Crippen LogP contribution in [0.2, 0.25) is 0 Å². The van der Waals surface area contributed by atoms with Crippen molar-refractivity contribution < 1.29 is 80.2 Å². The van der Waals surface area contributed by atoms with Crippen LogP contribution in [0, 0.1) is 23.7 Å². The Balaban J connectivity index is 5.24. The van der Waals surface area contributed by atoms with E-state index in [0.29, 0.717) is 31.6 Å². The highest BCUT2D eigenvalue weighted by atomic mass is 31.2. The summed E-state index contributed by atoms with van der Waals surface area (Å²) in [5, 5.41) is 10.6. The fourth-order valence-electron chi connectivity index (χ4n) is 10.5. The SMILES string of the molecule is CCC(C)CCCCCCCCCCC(=O)OC[C@H](COP(=O)(O)OC[C@@H](O)COP(=O)(O)OC[C@@H](COC(=O)CCCCCCCCC(C)C)OC(=O)CCCCCCCCCCCCCCCC(C)C)OC(=O)CCCCCCCCCCCC(C)C. The molecule has 0 saturated carbocycles. The number of ether oxygens (including phenoxy) is 4. The number of hydrogen-bond donors (Lipinski definition) is 3. The normalized spacial score (nSPS) is 14.6. The molecule has 0 saturated heterocycles. The first-order valence-corrected chi connectivity index (χ1v) is 39.2. The van der Waals surface area contributed by atoms with E-state index in [1.165, 1.54) is 141 Å². The minimum Gasteiger partial charge on any atom is -0.462 e. The lowest BCUT2D eigenvalue weighted by Gasteiger charge is -2.21. The zero-order valence-corrected chi connectivity index (χ0v) is 59.8. The van der Waals surface area contributed by atoms with Crippen LogP contribution in [0.3, 0.4) is 0 Å². The van der Waals surface area contributed by atoms with Gasteiger partial charge < -0.3 is 33.8 Å². The molecule has 0 aromatic heterocycles. The van der Waals surface area contributed by atoms with Crippen LogP contribution < -0.4 is 0 Å². The molecule has 17 nitrogen and oxygen atoms in total. The van der Waals surface area contributed by atoms with Crippen LogP contribution in [0.4, 0.5) is 0 Å². The summed E-state index contributed by atoms with van der Waals surface area (Å²) in [6, 6.07) is 0. The number of phosphoric acid groups is 2. The number of rotatable bonds is 67. The molecule has 0 aliphatic carbocycles. The van der Waals surface area contributed by atoms with Gasteiger partial charge in [0.2, 0.25) is 0 Å². The molecule has 19 heteroatoms. The summed E-state index contributed by atoms with van der Waals surface area (Å²) in [6.45, 7) is 14.1. The topological polar surface area (TPSA) is 237 Å². The molecule has 0 aromatic carbocycles. The molecule has 0 spiro atoms. The minimum absolute atomic E-state index is 0.104. The van der Waals surface area contributed by atoms with Crippen molar-refractivity contribution in [1.29, 1.82) is 0 Å². The van der Waals surface area contributed by atoms with Crippen molar-refractivity contribution in [3.63, 3.8) is 0 Å². The number of phosphoric ester groups is 2. The average molecular weight is 1310 g/mol. The predicted molar refractivity (Wildman–Crippen MR) is 358 cm³/mol. The molecule has 528 valence electrons. The van der Waals surface area contributed by atoms with E-state index in [-0.39, 0.29) is 25.7 Å². The van der Waals surface area contributed by atoms with Crippen molar-refractivity contribution in [2.75, 3.05) is 39.6 Å². The first kappa shape index (κ1) is 87.1. The first-order chi connectivity index (χ1) is 42.6. The number of aliphatic hydroxyl groups is 1. The molecule has 0 radical (unpaired) electrons. The smallest absolute Gasteiger partial charge is 0.462 e. The summed E-state index contributed by atoms with van der Waals surface area (Å²) in [4.78, 5) is 72.5. The van der Waals surface area contributed by atoms with E-state index in [9.17, 15) is 43.2 Å². The van der Waals surface area contributed by atoms with Crippen LogP contribution in [0.1, 0.15) is 344 Å². The Labute approximate surface area is 543 Å². The molecule has 6 atom stereocenters. The van der Waals surface area contributed by atoms with E-state index in [1.807, 2.05) is 0 Å². The monoisotopic (exact) mass is 1310 g/mol. The summed E-state index contributed by atoms with van der Waals surface area (Å²) >= 11 is 0. The minimum atomic E-state index is -4.95. The highest BCUT2D eigenvalue weighted by Gasteiger charge is 2.30. The van der Waals surface area contributed by atoms with Crippen molar-refractivity contribution in [2.45, 2.75) is 363 Å². The number of aliphatic hydroxyl groups excluding tert-OH is 1. The Hall–Kier alpha value is -1.94. The van der Waals surface area contributed by atoms with Crippen LogP contribution in [0.25, 0.3) is 0 Å². The number of hydrogen-bond acceptors (Lipinski definition) is 15. The number of unbranched alkanes of at least 4 members (excludes halogenated alkanes) is 32. The zero-order valence-electron chi connectivity index (χ0n) is 58.1. The fourth-order valence-corrected chi connectivity index (χ4v) is 12.0. The Morgan fingerprint density at radius 1 is 0.315 bits per heavy atom. The number of carbonyl (C=O) groups excluding carboxylic acids is 4. The lowest BCUT2D eigenvalue weighted by molar-refractivity contribution is -0.161. The number of carbonyl (C=O) groups is 4. The summed E-state index contributed by atoms with van der Waals surface area (Å²) in [5.74, 6) is 0.848. The summed E-state index contributed by atoms with van der Waals surface area (Å²) in [6.07, 6.45) is 41.8. The first-order valence-electron chi connectivity index (χ1n) is 36.2. The van der Waals surface area contributed by atoms with Gasteiger partial charge in [-0.1, -0.05) is 293 Å². The van der Waals surface area contributed by atoms with E-state index in [4.69, 9.17) is 37.0 Å². The van der Waals surface area contributed by atoms with Crippen LogP contribution >= 0.6 is 15.6 Å². The van der Waals surface area contributed by atoms with Gasteiger partial charge in [0.05, 0.1) is 26.4 Å². The highest BCUT2D eigenvalue weighted by Crippen LogP contribution is 2.45. The maximum atomic E-state index is 13.0. The van der Waals surface area contributed by atoms with E-state index >= 15 is 0 Å². The van der Waals surface area contributed by atoms with Crippen molar-refractivity contribution in [1.82, 2.24) is 0 Å². The molecular weight excluding hydrogens is 1170 g/mol. The van der Waals surface area contributed by atoms with Gasteiger partial charge >= 0.3 is 39.5 Å². The second-order valence-corrected chi connectivity index (χ2v) is 29.8. The Morgan fingerprint density at radius 2 is 0.539 bits per heavy atom. The van der Waals surface area contributed by atoms with Crippen LogP contribution in [0.5, 0.6) is 0 Å². The Morgan fingerprint density at radius 3 is 0.798 bits per heavy atom. The third-order valence-electron chi connectivity index (χ3n) is 16.4. The van der Waals surface area contributed by atoms with Crippen molar-refractivity contribution in [3.8, 4) is 0 Å². The lowest BCUT2D eigenvalue weighted by Crippen LogP contribution is -2.30. The van der Waals surface area contributed by atoms with Gasteiger partial charge in [-0.05, 0) is 49.4 Å². The van der Waals surface area contributed by atoms with Gasteiger partial charge in [0.25, 0.3) is 0 Å². The zero-order chi connectivity index (χ0) is 66.1. The van der Waals surface area contributed by atoms with Gasteiger partial charge in [0.15, 0.2) is 12.2 Å². The summed E-state index contributed by atoms with van der Waals surface area (Å²) in [5.41, 5.74) is 0. The van der Waals surface area contributed by atoms with Gasteiger partial charge in [0.1, 0.15) is 19.3 Å². The summed E-state index contributed by atoms with van der Waals surface area (Å²) < 4.78 is 68.3. The summed E-state index contributed by atoms with van der Waals surface area (Å²) in [7, 11) is -9.90. The van der Waals surface area contributed by atoms with E-state index in [2.05, 4.69) is 55.4 Å². The van der Waals surface area contributed by atoms with Gasteiger partial charge in [-0.3, -0.25) is 37.3 Å². The molecule has 0 aromatic rings. The second-order valence-electron chi connectivity index (χ2n) is 26.9. The molecule has 0 heterocycles. The van der Waals surface area contributed by atoms with E-state index in [1.54, 1.807) is 0 Å². The average Bonchev–Trinajstić information content (AvgIpc) is 3.70. The quantitative estimate of drug-likeness (QED) is 0.0222. The van der Waals surface area contributed by atoms with Crippen LogP contribution in [-0.2, 0) is 65.4 Å². The van der Waals surface area contributed by atoms with Crippen LogP contribution in [-0.4, -0.2) is 96.7 Å². The second kappa shape index (κ2) is 59.8. The molecule has 0 bridgehead atoms. The lowest BCUT2D eigenvalue weighted by atomic mass is 9.99. The third kappa shape index (κ3) is 63.2.